The van der Waals surface area contributed by atoms with E-state index in [1.54, 1.807) is 12.2 Å². The molecule has 1 aliphatic carbocycles. The molecule has 1 aliphatic rings. The molecular weight excluding hydrogens is 320 g/mol. The van der Waals surface area contributed by atoms with Crippen molar-refractivity contribution < 1.29 is 30.4 Å². The van der Waals surface area contributed by atoms with Gasteiger partial charge in [-0.2, -0.15) is 0 Å². The first kappa shape index (κ1) is 16.0. The minimum atomic E-state index is -2.51. The van der Waals surface area contributed by atoms with Gasteiger partial charge in [0.1, 0.15) is 5.78 Å². The number of carbonyl (C=O) groups is 2. The third kappa shape index (κ3) is 8.63. The van der Waals surface area contributed by atoms with Crippen molar-refractivity contribution in [2.75, 3.05) is 0 Å². The average Bonchev–Trinajstić information content (AvgIpc) is 2.85. The molecule has 144 valence electrons. The molecule has 0 aliphatic heterocycles. The van der Waals surface area contributed by atoms with Crippen LogP contribution in [-0.4, -0.2) is 39.3 Å². The Morgan fingerprint density at radius 1 is 1.32 bits per heavy atom. The van der Waals surface area contributed by atoms with Gasteiger partial charge < -0.3 is 15.3 Å². The van der Waals surface area contributed by atoms with Crippen LogP contribution in [0.2, 0.25) is 0 Å². The summed E-state index contributed by atoms with van der Waals surface area (Å²) in [6.07, 6.45) is -0.142. The van der Waals surface area contributed by atoms with E-state index >= 15 is 0 Å². The zero-order chi connectivity index (χ0) is 22.2. The molecule has 25 heavy (non-hydrogen) atoms. The van der Waals surface area contributed by atoms with Crippen LogP contribution in [0.15, 0.2) is 12.2 Å². The molecule has 1 saturated carbocycles. The van der Waals surface area contributed by atoms with Crippen LogP contribution < -0.4 is 0 Å². The molecule has 0 bridgehead atoms. The maximum atomic E-state index is 12.2. The number of hydrogen-bond acceptors (Lipinski definition) is 4. The number of aliphatic carboxylic acids is 1. The lowest BCUT2D eigenvalue weighted by molar-refractivity contribution is -0.137. The SMILES string of the molecule is [2H]C([2H])(CCC[C@H]1[C@@H](O)CC(=O)[C@@H]1/C=C/[C@@H](O)CCCCC)C([2H])([2H])CC(=O)O. The van der Waals surface area contributed by atoms with Crippen molar-refractivity contribution in [3.63, 3.8) is 0 Å². The van der Waals surface area contributed by atoms with Crippen molar-refractivity contribution in [2.45, 2.75) is 89.7 Å². The number of carboxylic acids is 1. The highest BCUT2D eigenvalue weighted by molar-refractivity contribution is 5.85. The van der Waals surface area contributed by atoms with Gasteiger partial charge in [-0.25, -0.2) is 0 Å². The topological polar surface area (TPSA) is 94.8 Å². The first-order valence-electron chi connectivity index (χ1n) is 11.2. The van der Waals surface area contributed by atoms with E-state index < -0.39 is 49.2 Å². The highest BCUT2D eigenvalue weighted by Gasteiger charge is 2.39. The first-order chi connectivity index (χ1) is 13.4. The highest BCUT2D eigenvalue weighted by Crippen LogP contribution is 2.34. The Labute approximate surface area is 156 Å². The van der Waals surface area contributed by atoms with Gasteiger partial charge in [-0.3, -0.25) is 9.59 Å². The molecule has 1 rings (SSSR count). The largest absolute Gasteiger partial charge is 0.481 e. The summed E-state index contributed by atoms with van der Waals surface area (Å²) < 4.78 is 31.2. The lowest BCUT2D eigenvalue weighted by Gasteiger charge is -2.18. The summed E-state index contributed by atoms with van der Waals surface area (Å²) in [6.45, 7) is 2.07. The van der Waals surface area contributed by atoms with Gasteiger partial charge in [0.25, 0.3) is 0 Å². The van der Waals surface area contributed by atoms with Gasteiger partial charge in [0.05, 0.1) is 12.2 Å². The fourth-order valence-corrected chi connectivity index (χ4v) is 3.19. The molecule has 5 nitrogen and oxygen atoms in total. The highest BCUT2D eigenvalue weighted by atomic mass is 16.4. The van der Waals surface area contributed by atoms with Crippen LogP contribution >= 0.6 is 0 Å². The standard InChI is InChI=1S/C20H34O5/c1-2-3-6-9-15(21)12-13-17-16(18(22)14-19(17)23)10-7-4-5-8-11-20(24)25/h12-13,15-18,21-22H,2-11,14H2,1H3,(H,24,25)/b13-12+/t15-,16+,17+,18-/m0/s1/i5D2,8D2. The molecule has 0 heterocycles. The van der Waals surface area contributed by atoms with Crippen LogP contribution in [0.1, 0.15) is 82.9 Å². The predicted molar refractivity (Wildman–Crippen MR) is 97.2 cm³/mol. The van der Waals surface area contributed by atoms with Crippen molar-refractivity contribution in [3.8, 4) is 0 Å². The van der Waals surface area contributed by atoms with E-state index in [0.717, 1.165) is 19.3 Å². The number of allylic oxidation sites excluding steroid dienone is 1. The van der Waals surface area contributed by atoms with Crippen molar-refractivity contribution in [1.82, 2.24) is 0 Å². The van der Waals surface area contributed by atoms with Gasteiger partial charge in [-0.05, 0) is 25.1 Å². The van der Waals surface area contributed by atoms with Gasteiger partial charge in [0, 0.05) is 24.2 Å². The summed E-state index contributed by atoms with van der Waals surface area (Å²) in [4.78, 5) is 23.0. The van der Waals surface area contributed by atoms with Crippen LogP contribution in [0.3, 0.4) is 0 Å². The van der Waals surface area contributed by atoms with Crippen LogP contribution in [0.4, 0.5) is 0 Å². The second-order valence-corrected chi connectivity index (χ2v) is 6.69. The van der Waals surface area contributed by atoms with Crippen molar-refractivity contribution in [2.24, 2.45) is 11.8 Å². The Balaban J connectivity index is 2.66. The zero-order valence-corrected chi connectivity index (χ0v) is 15.0. The van der Waals surface area contributed by atoms with Crippen LogP contribution in [0, 0.1) is 11.8 Å². The molecule has 0 unspecified atom stereocenters. The number of aliphatic hydroxyl groups is 2. The van der Waals surface area contributed by atoms with Gasteiger partial charge in [0.2, 0.25) is 0 Å². The molecule has 4 atom stereocenters. The van der Waals surface area contributed by atoms with Gasteiger partial charge >= 0.3 is 5.97 Å². The van der Waals surface area contributed by atoms with Crippen LogP contribution in [0.25, 0.3) is 0 Å². The molecule has 5 heteroatoms. The molecule has 0 amide bonds. The van der Waals surface area contributed by atoms with E-state index in [-0.39, 0.29) is 25.0 Å². The zero-order valence-electron chi connectivity index (χ0n) is 19.0. The molecular formula is C20H34O5. The van der Waals surface area contributed by atoms with E-state index in [1.807, 2.05) is 0 Å². The van der Waals surface area contributed by atoms with Gasteiger partial charge in [0.15, 0.2) is 0 Å². The molecule has 0 saturated heterocycles. The minimum Gasteiger partial charge on any atom is -0.481 e. The summed E-state index contributed by atoms with van der Waals surface area (Å²) in [7, 11) is 0. The number of aliphatic hydroxyl groups excluding tert-OH is 2. The summed E-state index contributed by atoms with van der Waals surface area (Å²) >= 11 is 0. The van der Waals surface area contributed by atoms with E-state index in [4.69, 9.17) is 10.6 Å². The monoisotopic (exact) mass is 358 g/mol. The van der Waals surface area contributed by atoms with E-state index in [1.165, 1.54) is 0 Å². The van der Waals surface area contributed by atoms with E-state index in [2.05, 4.69) is 6.92 Å². The Morgan fingerprint density at radius 2 is 2.08 bits per heavy atom. The maximum Gasteiger partial charge on any atom is 0.303 e. The molecule has 0 radical (unpaired) electrons. The van der Waals surface area contributed by atoms with Crippen LogP contribution in [0.5, 0.6) is 0 Å². The molecule has 1 fully saturated rings. The summed E-state index contributed by atoms with van der Waals surface area (Å²) in [5.41, 5.74) is 0. The fourth-order valence-electron chi connectivity index (χ4n) is 3.19. The lowest BCUT2D eigenvalue weighted by Crippen LogP contribution is -2.19. The average molecular weight is 359 g/mol. The summed E-state index contributed by atoms with van der Waals surface area (Å²) in [5.74, 6) is -2.49. The van der Waals surface area contributed by atoms with Crippen molar-refractivity contribution in [3.05, 3.63) is 12.2 Å². The van der Waals surface area contributed by atoms with Crippen LogP contribution in [-0.2, 0) is 9.59 Å². The number of rotatable bonds is 13. The first-order valence-corrected chi connectivity index (χ1v) is 9.20. The third-order valence-corrected chi connectivity index (χ3v) is 4.59. The minimum absolute atomic E-state index is 0.0122. The Kier molecular flexibility index (Phi) is 7.81. The number of carbonyl (C=O) groups excluding carboxylic acids is 1. The molecule has 0 spiro atoms. The number of unbranched alkanes of at least 4 members (excludes halogenated alkanes) is 2. The number of ketones is 1. The number of hydrogen-bond donors (Lipinski definition) is 3. The Morgan fingerprint density at radius 3 is 2.76 bits per heavy atom. The maximum absolute atomic E-state index is 12.2. The third-order valence-electron chi connectivity index (χ3n) is 4.59. The second kappa shape index (κ2) is 12.2. The molecule has 3 N–H and O–H groups in total. The lowest BCUT2D eigenvalue weighted by atomic mass is 9.88. The Bertz CT molecular complexity index is 579. The Hall–Kier alpha value is -1.20. The number of Topliss-reactive ketones (excluding diaryl/α,β-unsaturated/α-hetero) is 1. The summed E-state index contributed by atoms with van der Waals surface area (Å²) in [6, 6.07) is 0. The normalized spacial score (nSPS) is 28.4. The molecule has 0 aromatic rings. The molecule has 0 aromatic carbocycles. The van der Waals surface area contributed by atoms with Gasteiger partial charge in [-0.1, -0.05) is 57.6 Å². The molecule has 0 aromatic heterocycles. The summed E-state index contributed by atoms with van der Waals surface area (Å²) in [5, 5.41) is 29.0. The number of carboxylic acid groups (broad SMARTS) is 1. The fraction of sp³-hybridized carbons (Fsp3) is 0.800. The van der Waals surface area contributed by atoms with E-state index in [0.29, 0.717) is 12.8 Å². The van der Waals surface area contributed by atoms with Gasteiger partial charge in [-0.15, -0.1) is 0 Å². The van der Waals surface area contributed by atoms with E-state index in [9.17, 15) is 19.8 Å². The van der Waals surface area contributed by atoms with Crippen molar-refractivity contribution in [1.29, 1.82) is 0 Å². The predicted octanol–water partition coefficient (Wildman–Crippen LogP) is 3.48. The quantitative estimate of drug-likeness (QED) is 0.346. The van der Waals surface area contributed by atoms with Crippen molar-refractivity contribution >= 4 is 11.8 Å². The smallest absolute Gasteiger partial charge is 0.303 e. The second-order valence-electron chi connectivity index (χ2n) is 6.69.